The van der Waals surface area contributed by atoms with E-state index in [0.717, 1.165) is 51.4 Å². The van der Waals surface area contributed by atoms with Crippen LogP contribution in [-0.2, 0) is 14.3 Å². The number of carbonyl (C=O) groups excluding carboxylic acids is 1. The molecule has 54 heavy (non-hydrogen) atoms. The monoisotopic (exact) mass is 768 g/mol. The molecule has 7 unspecified atom stereocenters. The Labute approximate surface area is 330 Å². The second-order valence-electron chi connectivity index (χ2n) is 15.8. The number of ether oxygens (including phenoxy) is 2. The van der Waals surface area contributed by atoms with Gasteiger partial charge in [0.2, 0.25) is 5.91 Å². The molecule has 0 bridgehead atoms. The van der Waals surface area contributed by atoms with Crippen molar-refractivity contribution >= 4 is 5.91 Å². The second-order valence-corrected chi connectivity index (χ2v) is 15.8. The number of unbranched alkanes of at least 4 members (excludes halogenated alkanes) is 23. The van der Waals surface area contributed by atoms with Crippen LogP contribution in [0.3, 0.4) is 0 Å². The van der Waals surface area contributed by atoms with Crippen molar-refractivity contribution in [1.29, 1.82) is 0 Å². The highest BCUT2D eigenvalue weighted by Gasteiger charge is 2.44. The molecule has 9 nitrogen and oxygen atoms in total. The van der Waals surface area contributed by atoms with Gasteiger partial charge in [0.25, 0.3) is 0 Å². The Morgan fingerprint density at radius 1 is 0.630 bits per heavy atom. The van der Waals surface area contributed by atoms with Gasteiger partial charge in [-0.05, 0) is 44.9 Å². The molecule has 0 aromatic carbocycles. The van der Waals surface area contributed by atoms with Crippen molar-refractivity contribution in [2.24, 2.45) is 0 Å². The lowest BCUT2D eigenvalue weighted by molar-refractivity contribution is -0.302. The van der Waals surface area contributed by atoms with E-state index in [2.05, 4.69) is 43.5 Å². The van der Waals surface area contributed by atoms with Crippen LogP contribution in [0.2, 0.25) is 0 Å². The third-order valence-electron chi connectivity index (χ3n) is 10.8. The molecule has 0 spiro atoms. The van der Waals surface area contributed by atoms with Crippen molar-refractivity contribution in [3.05, 3.63) is 24.3 Å². The van der Waals surface area contributed by atoms with Gasteiger partial charge < -0.3 is 40.3 Å². The van der Waals surface area contributed by atoms with Gasteiger partial charge in [-0.25, -0.2) is 0 Å². The number of hydrogen-bond acceptors (Lipinski definition) is 8. The number of amides is 1. The Bertz CT molecular complexity index is 899. The molecule has 0 aliphatic carbocycles. The average Bonchev–Trinajstić information content (AvgIpc) is 3.17. The summed E-state index contributed by atoms with van der Waals surface area (Å²) in [6, 6.07) is -0.712. The third kappa shape index (κ3) is 26.5. The lowest BCUT2D eigenvalue weighted by Gasteiger charge is -2.40. The van der Waals surface area contributed by atoms with Gasteiger partial charge in [-0.15, -0.1) is 0 Å². The summed E-state index contributed by atoms with van der Waals surface area (Å²) in [6.45, 7) is 3.70. The van der Waals surface area contributed by atoms with E-state index in [-0.39, 0.29) is 12.5 Å². The number of aliphatic hydroxyl groups excluding tert-OH is 5. The Hall–Kier alpha value is -1.33. The van der Waals surface area contributed by atoms with E-state index >= 15 is 0 Å². The molecule has 1 heterocycles. The van der Waals surface area contributed by atoms with E-state index in [4.69, 9.17) is 9.47 Å². The van der Waals surface area contributed by atoms with Gasteiger partial charge in [0.15, 0.2) is 6.29 Å². The van der Waals surface area contributed by atoms with Crippen molar-refractivity contribution in [2.45, 2.75) is 243 Å². The van der Waals surface area contributed by atoms with Gasteiger partial charge in [0.05, 0.1) is 25.4 Å². The highest BCUT2D eigenvalue weighted by Crippen LogP contribution is 2.23. The molecule has 0 radical (unpaired) electrons. The van der Waals surface area contributed by atoms with Crippen LogP contribution >= 0.6 is 0 Å². The molecule has 9 heteroatoms. The third-order valence-corrected chi connectivity index (χ3v) is 10.8. The Balaban J connectivity index is 2.07. The summed E-state index contributed by atoms with van der Waals surface area (Å²) >= 11 is 0. The first-order valence-corrected chi connectivity index (χ1v) is 22.5. The molecule has 1 saturated heterocycles. The normalized spacial score (nSPS) is 21.6. The zero-order valence-corrected chi connectivity index (χ0v) is 34.7. The molecular formula is C45H85NO8. The summed E-state index contributed by atoms with van der Waals surface area (Å²) in [7, 11) is 0. The van der Waals surface area contributed by atoms with E-state index in [1.165, 1.54) is 122 Å². The first-order valence-electron chi connectivity index (χ1n) is 22.5. The van der Waals surface area contributed by atoms with Gasteiger partial charge in [-0.1, -0.05) is 173 Å². The molecule has 1 amide bonds. The molecule has 1 rings (SSSR count). The van der Waals surface area contributed by atoms with E-state index < -0.39 is 49.5 Å². The zero-order valence-electron chi connectivity index (χ0n) is 34.7. The standard InChI is InChI=1S/C45H85NO8/c1-3-5-7-9-10-11-12-13-14-15-16-17-18-19-20-21-22-23-24-25-26-27-28-29-30-31-33-35-41(49)46-38(39(48)34-32-8-6-4-2)37-53-45-44(52)43(51)42(50)40(36-47)54-45/h12-13,15-16,38-40,42-45,47-48,50-52H,3-11,14,17-37H2,1-2H3,(H,46,49)/b13-12-,16-15-. The molecule has 0 aromatic rings. The number of rotatable bonds is 37. The molecule has 7 atom stereocenters. The smallest absolute Gasteiger partial charge is 0.220 e. The minimum atomic E-state index is -1.55. The quantitative estimate of drug-likeness (QED) is 0.0271. The number of aliphatic hydroxyl groups is 5. The maximum atomic E-state index is 12.8. The summed E-state index contributed by atoms with van der Waals surface area (Å²) < 4.78 is 11.1. The van der Waals surface area contributed by atoms with Crippen LogP contribution in [0.15, 0.2) is 24.3 Å². The number of carbonyl (C=O) groups is 1. The first-order chi connectivity index (χ1) is 26.3. The van der Waals surface area contributed by atoms with E-state index in [9.17, 15) is 30.3 Å². The van der Waals surface area contributed by atoms with E-state index in [1.54, 1.807) is 0 Å². The first kappa shape index (κ1) is 50.7. The molecule has 318 valence electrons. The largest absolute Gasteiger partial charge is 0.394 e. The zero-order chi connectivity index (χ0) is 39.5. The van der Waals surface area contributed by atoms with Gasteiger partial charge in [0.1, 0.15) is 24.4 Å². The van der Waals surface area contributed by atoms with E-state index in [1.807, 2.05) is 0 Å². The molecule has 0 saturated carbocycles. The minimum Gasteiger partial charge on any atom is -0.394 e. The van der Waals surface area contributed by atoms with Crippen LogP contribution in [0, 0.1) is 0 Å². The Morgan fingerprint density at radius 2 is 1.09 bits per heavy atom. The summed E-state index contributed by atoms with van der Waals surface area (Å²) in [5.41, 5.74) is 0. The number of hydrogen-bond donors (Lipinski definition) is 6. The fourth-order valence-electron chi connectivity index (χ4n) is 7.13. The SMILES string of the molecule is CCCCCCC/C=C\C/C=C\CCCCCCCCCCCCCCCCCC(=O)NC(COC1OC(CO)C(O)C(O)C1O)C(O)CCCCCC. The topological polar surface area (TPSA) is 149 Å². The highest BCUT2D eigenvalue weighted by atomic mass is 16.7. The van der Waals surface area contributed by atoms with Crippen LogP contribution in [0.1, 0.15) is 200 Å². The average molecular weight is 768 g/mol. The highest BCUT2D eigenvalue weighted by molar-refractivity contribution is 5.76. The predicted molar refractivity (Wildman–Crippen MR) is 221 cm³/mol. The fraction of sp³-hybridized carbons (Fsp3) is 0.889. The predicted octanol–water partition coefficient (Wildman–Crippen LogP) is 9.11. The van der Waals surface area contributed by atoms with Gasteiger partial charge >= 0.3 is 0 Å². The molecule has 0 aromatic heterocycles. The maximum absolute atomic E-state index is 12.8. The van der Waals surface area contributed by atoms with Crippen LogP contribution in [0.25, 0.3) is 0 Å². The van der Waals surface area contributed by atoms with Gasteiger partial charge in [-0.3, -0.25) is 4.79 Å². The molecular weight excluding hydrogens is 682 g/mol. The summed E-state index contributed by atoms with van der Waals surface area (Å²) in [5.74, 6) is -0.153. The minimum absolute atomic E-state index is 0.140. The van der Waals surface area contributed by atoms with Crippen molar-refractivity contribution in [1.82, 2.24) is 5.32 Å². The Kier molecular flexibility index (Phi) is 33.8. The summed E-state index contributed by atoms with van der Waals surface area (Å²) in [5, 5.41) is 53.7. The molecule has 1 aliphatic heterocycles. The summed E-state index contributed by atoms with van der Waals surface area (Å²) in [4.78, 5) is 12.8. The fourth-order valence-corrected chi connectivity index (χ4v) is 7.13. The van der Waals surface area contributed by atoms with Gasteiger partial charge in [0, 0.05) is 6.42 Å². The second kappa shape index (κ2) is 36.0. The lowest BCUT2D eigenvalue weighted by Crippen LogP contribution is -2.60. The summed E-state index contributed by atoms with van der Waals surface area (Å²) in [6.07, 6.45) is 35.5. The van der Waals surface area contributed by atoms with Crippen LogP contribution in [0.4, 0.5) is 0 Å². The molecule has 1 fully saturated rings. The van der Waals surface area contributed by atoms with E-state index in [0.29, 0.717) is 12.8 Å². The Morgan fingerprint density at radius 3 is 1.59 bits per heavy atom. The van der Waals surface area contributed by atoms with Crippen molar-refractivity contribution in [3.8, 4) is 0 Å². The van der Waals surface area contributed by atoms with Crippen molar-refractivity contribution < 1.29 is 39.8 Å². The number of allylic oxidation sites excluding steroid dienone is 4. The molecule has 6 N–H and O–H groups in total. The lowest BCUT2D eigenvalue weighted by atomic mass is 9.99. The van der Waals surface area contributed by atoms with Crippen LogP contribution in [0.5, 0.6) is 0 Å². The van der Waals surface area contributed by atoms with Crippen LogP contribution in [-0.4, -0.2) is 87.5 Å². The van der Waals surface area contributed by atoms with Crippen LogP contribution < -0.4 is 5.32 Å². The maximum Gasteiger partial charge on any atom is 0.220 e. The van der Waals surface area contributed by atoms with Gasteiger partial charge in [-0.2, -0.15) is 0 Å². The molecule has 1 aliphatic rings. The van der Waals surface area contributed by atoms with Crippen molar-refractivity contribution in [3.63, 3.8) is 0 Å². The van der Waals surface area contributed by atoms with Crippen molar-refractivity contribution in [2.75, 3.05) is 13.2 Å². The number of nitrogens with one attached hydrogen (secondary N) is 1.